The van der Waals surface area contributed by atoms with Gasteiger partial charge in [0.1, 0.15) is 0 Å². The summed E-state index contributed by atoms with van der Waals surface area (Å²) < 4.78 is 10.5. The molecule has 3 rings (SSSR count). The summed E-state index contributed by atoms with van der Waals surface area (Å²) in [4.78, 5) is 6.69. The van der Waals surface area contributed by atoms with Gasteiger partial charge in [-0.05, 0) is 44.5 Å². The van der Waals surface area contributed by atoms with E-state index in [1.54, 1.807) is 12.3 Å². The lowest BCUT2D eigenvalue weighted by molar-refractivity contribution is 0.124. The molecule has 0 saturated heterocycles. The Kier molecular flexibility index (Phi) is 4.36. The molecule has 2 heterocycles. The highest BCUT2D eigenvalue weighted by Gasteiger charge is 2.28. The largest absolute Gasteiger partial charge is 0.459 e. The zero-order valence-corrected chi connectivity index (χ0v) is 12.4. The predicted molar refractivity (Wildman–Crippen MR) is 78.3 cm³/mol. The van der Waals surface area contributed by atoms with Gasteiger partial charge in [-0.2, -0.15) is 4.98 Å². The fraction of sp³-hybridized carbons (Fsp3) is 0.600. The zero-order chi connectivity index (χ0) is 14.7. The van der Waals surface area contributed by atoms with Crippen LogP contribution in [-0.2, 0) is 6.54 Å². The van der Waals surface area contributed by atoms with Crippen molar-refractivity contribution in [1.82, 2.24) is 15.0 Å². The number of nitrogens with two attached hydrogens (primary N) is 1. The second-order valence-electron chi connectivity index (χ2n) is 5.76. The van der Waals surface area contributed by atoms with Gasteiger partial charge < -0.3 is 14.7 Å². The molecule has 6 heteroatoms. The van der Waals surface area contributed by atoms with E-state index in [0.29, 0.717) is 36.0 Å². The van der Waals surface area contributed by atoms with E-state index in [-0.39, 0.29) is 0 Å². The maximum absolute atomic E-state index is 5.90. The van der Waals surface area contributed by atoms with Crippen molar-refractivity contribution in [2.45, 2.75) is 38.3 Å². The summed E-state index contributed by atoms with van der Waals surface area (Å²) in [6.07, 6.45) is 6.57. The van der Waals surface area contributed by atoms with E-state index < -0.39 is 0 Å². The summed E-state index contributed by atoms with van der Waals surface area (Å²) in [7, 11) is 2.11. The Morgan fingerprint density at radius 2 is 2.24 bits per heavy atom. The summed E-state index contributed by atoms with van der Waals surface area (Å²) in [5.74, 6) is 2.29. The van der Waals surface area contributed by atoms with E-state index in [2.05, 4.69) is 22.1 Å². The van der Waals surface area contributed by atoms with Gasteiger partial charge >= 0.3 is 0 Å². The minimum absolute atomic E-state index is 0.433. The zero-order valence-electron chi connectivity index (χ0n) is 12.4. The van der Waals surface area contributed by atoms with Crippen LogP contribution in [0.3, 0.4) is 0 Å². The quantitative estimate of drug-likeness (QED) is 0.909. The van der Waals surface area contributed by atoms with E-state index in [1.165, 1.54) is 25.7 Å². The van der Waals surface area contributed by atoms with E-state index in [9.17, 15) is 0 Å². The first-order valence-electron chi connectivity index (χ1n) is 7.54. The van der Waals surface area contributed by atoms with E-state index in [0.717, 1.165) is 6.54 Å². The molecule has 2 atom stereocenters. The Hall–Kier alpha value is -1.66. The summed E-state index contributed by atoms with van der Waals surface area (Å²) >= 11 is 0. The molecule has 2 aromatic rings. The molecule has 1 saturated carbocycles. The lowest BCUT2D eigenvalue weighted by Crippen LogP contribution is -2.42. The maximum Gasteiger partial charge on any atom is 0.293 e. The first-order valence-corrected chi connectivity index (χ1v) is 7.54. The Bertz CT molecular complexity index is 552. The van der Waals surface area contributed by atoms with Gasteiger partial charge in [-0.1, -0.05) is 18.0 Å². The Morgan fingerprint density at radius 3 is 3.00 bits per heavy atom. The molecule has 0 aliphatic heterocycles. The average Bonchev–Trinajstić information content (AvgIpc) is 3.17. The third-order valence-electron chi connectivity index (χ3n) is 4.33. The average molecular weight is 290 g/mol. The monoisotopic (exact) mass is 290 g/mol. The van der Waals surface area contributed by atoms with Crippen LogP contribution in [0.15, 0.2) is 27.3 Å². The van der Waals surface area contributed by atoms with Gasteiger partial charge in [-0.25, -0.2) is 0 Å². The van der Waals surface area contributed by atoms with Crippen molar-refractivity contribution in [1.29, 1.82) is 0 Å². The van der Waals surface area contributed by atoms with E-state index in [1.807, 2.05) is 6.07 Å². The molecule has 0 spiro atoms. The fourth-order valence-corrected chi connectivity index (χ4v) is 3.20. The second-order valence-corrected chi connectivity index (χ2v) is 5.76. The van der Waals surface area contributed by atoms with E-state index >= 15 is 0 Å². The number of furan rings is 1. The van der Waals surface area contributed by atoms with Gasteiger partial charge in [0.25, 0.3) is 5.89 Å². The smallest absolute Gasteiger partial charge is 0.293 e. The highest BCUT2D eigenvalue weighted by Crippen LogP contribution is 2.28. The first-order chi connectivity index (χ1) is 10.3. The minimum Gasteiger partial charge on any atom is -0.459 e. The highest BCUT2D eigenvalue weighted by molar-refractivity contribution is 5.42. The van der Waals surface area contributed by atoms with Gasteiger partial charge in [-0.3, -0.25) is 4.90 Å². The van der Waals surface area contributed by atoms with Crippen molar-refractivity contribution in [2.24, 2.45) is 11.7 Å². The molecular formula is C15H22N4O2. The van der Waals surface area contributed by atoms with Crippen LogP contribution in [-0.4, -0.2) is 34.7 Å². The van der Waals surface area contributed by atoms with Gasteiger partial charge in [0.2, 0.25) is 0 Å². The lowest BCUT2D eigenvalue weighted by atomic mass is 9.84. The van der Waals surface area contributed by atoms with Crippen LogP contribution in [0.4, 0.5) is 0 Å². The van der Waals surface area contributed by atoms with Gasteiger partial charge in [0.15, 0.2) is 11.6 Å². The molecule has 6 nitrogen and oxygen atoms in total. The molecule has 0 radical (unpaired) electrons. The SMILES string of the molecule is CN(Cc1noc(-c2ccco2)n1)C1CCCCC1CN. The van der Waals surface area contributed by atoms with Crippen molar-refractivity contribution in [3.63, 3.8) is 0 Å². The standard InChI is InChI=1S/C15H22N4O2/c1-19(12-6-3-2-5-11(12)9-16)10-14-17-15(21-18-14)13-7-4-8-20-13/h4,7-8,11-12H,2-3,5-6,9-10,16H2,1H3. The lowest BCUT2D eigenvalue weighted by Gasteiger charge is -2.36. The van der Waals surface area contributed by atoms with Crippen LogP contribution < -0.4 is 5.73 Å². The van der Waals surface area contributed by atoms with Crippen LogP contribution in [0.25, 0.3) is 11.7 Å². The van der Waals surface area contributed by atoms with Crippen LogP contribution >= 0.6 is 0 Å². The second kappa shape index (κ2) is 6.41. The summed E-state index contributed by atoms with van der Waals surface area (Å²) in [6.45, 7) is 1.42. The Morgan fingerprint density at radius 1 is 1.38 bits per heavy atom. The molecule has 114 valence electrons. The third kappa shape index (κ3) is 3.16. The van der Waals surface area contributed by atoms with Crippen LogP contribution in [0, 0.1) is 5.92 Å². The number of rotatable bonds is 5. The van der Waals surface area contributed by atoms with Crippen LogP contribution in [0.5, 0.6) is 0 Å². The normalized spacial score (nSPS) is 22.8. The minimum atomic E-state index is 0.433. The number of hydrogen-bond donors (Lipinski definition) is 1. The third-order valence-corrected chi connectivity index (χ3v) is 4.33. The molecule has 2 N–H and O–H groups in total. The van der Waals surface area contributed by atoms with Crippen LogP contribution in [0.1, 0.15) is 31.5 Å². The number of nitrogens with zero attached hydrogens (tertiary/aromatic N) is 3. The van der Waals surface area contributed by atoms with Crippen molar-refractivity contribution in [2.75, 3.05) is 13.6 Å². The Labute approximate surface area is 124 Å². The maximum atomic E-state index is 5.90. The van der Waals surface area contributed by atoms with Crippen molar-refractivity contribution in [3.8, 4) is 11.7 Å². The molecule has 2 unspecified atom stereocenters. The molecule has 1 aliphatic rings. The Balaban J connectivity index is 1.65. The van der Waals surface area contributed by atoms with Gasteiger partial charge in [0.05, 0.1) is 12.8 Å². The molecular weight excluding hydrogens is 268 g/mol. The fourth-order valence-electron chi connectivity index (χ4n) is 3.20. The molecule has 0 aromatic carbocycles. The molecule has 0 bridgehead atoms. The van der Waals surface area contributed by atoms with Crippen LogP contribution in [0.2, 0.25) is 0 Å². The van der Waals surface area contributed by atoms with Gasteiger partial charge in [-0.15, -0.1) is 0 Å². The molecule has 21 heavy (non-hydrogen) atoms. The van der Waals surface area contributed by atoms with Crippen molar-refractivity contribution >= 4 is 0 Å². The van der Waals surface area contributed by atoms with Crippen molar-refractivity contribution in [3.05, 3.63) is 24.2 Å². The number of aromatic nitrogens is 2. The molecule has 1 fully saturated rings. The molecule has 1 aliphatic carbocycles. The summed E-state index contributed by atoms with van der Waals surface area (Å²) in [5.41, 5.74) is 5.90. The number of hydrogen-bond acceptors (Lipinski definition) is 6. The van der Waals surface area contributed by atoms with E-state index in [4.69, 9.17) is 14.7 Å². The summed E-state index contributed by atoms with van der Waals surface area (Å²) in [6, 6.07) is 4.13. The topological polar surface area (TPSA) is 81.3 Å². The molecule has 0 amide bonds. The summed E-state index contributed by atoms with van der Waals surface area (Å²) in [5, 5.41) is 4.04. The predicted octanol–water partition coefficient (Wildman–Crippen LogP) is 2.28. The molecule has 2 aromatic heterocycles. The highest BCUT2D eigenvalue weighted by atomic mass is 16.5. The van der Waals surface area contributed by atoms with Crippen molar-refractivity contribution < 1.29 is 8.94 Å². The van der Waals surface area contributed by atoms with Gasteiger partial charge in [0, 0.05) is 6.04 Å². The first kappa shape index (κ1) is 14.3.